The van der Waals surface area contributed by atoms with E-state index in [4.69, 9.17) is 9.15 Å². The molecule has 2 atom stereocenters. The maximum absolute atomic E-state index is 15.3. The van der Waals surface area contributed by atoms with E-state index < -0.39 is 40.7 Å². The van der Waals surface area contributed by atoms with Crippen LogP contribution >= 0.6 is 0 Å². The summed E-state index contributed by atoms with van der Waals surface area (Å²) in [7, 11) is 0. The Hall–Kier alpha value is -4.80. The van der Waals surface area contributed by atoms with E-state index in [2.05, 4.69) is 15.0 Å². The van der Waals surface area contributed by atoms with Gasteiger partial charge in [-0.3, -0.25) is 9.59 Å². The summed E-state index contributed by atoms with van der Waals surface area (Å²) in [5.74, 6) is -2.88. The van der Waals surface area contributed by atoms with Gasteiger partial charge in [0, 0.05) is 41.2 Å². The first-order chi connectivity index (χ1) is 18.4. The molecular weight excluding hydrogens is 498 g/mol. The Balaban J connectivity index is 1.61. The van der Waals surface area contributed by atoms with Crippen molar-refractivity contribution in [1.82, 2.24) is 15.0 Å². The number of rotatable bonds is 5. The molecule has 0 radical (unpaired) electrons. The second-order valence-corrected chi connectivity index (χ2v) is 8.90. The number of esters is 1. The van der Waals surface area contributed by atoms with Crippen molar-refractivity contribution in [1.29, 1.82) is 0 Å². The van der Waals surface area contributed by atoms with Gasteiger partial charge in [-0.1, -0.05) is 6.07 Å². The first kappa shape index (κ1) is 23.6. The lowest BCUT2D eigenvalue weighted by molar-refractivity contribution is -0.144. The molecule has 11 heteroatoms. The molecule has 2 unspecified atom stereocenters. The number of pyridine rings is 1. The Morgan fingerprint density at radius 1 is 1.11 bits per heavy atom. The van der Waals surface area contributed by atoms with Gasteiger partial charge in [0.1, 0.15) is 23.3 Å². The zero-order valence-electron chi connectivity index (χ0n) is 20.0. The van der Waals surface area contributed by atoms with Crippen LogP contribution in [0.5, 0.6) is 0 Å². The summed E-state index contributed by atoms with van der Waals surface area (Å²) in [6.45, 7) is 1.45. The maximum atomic E-state index is 15.3. The van der Waals surface area contributed by atoms with Crippen LogP contribution in [-0.4, -0.2) is 33.6 Å². The van der Waals surface area contributed by atoms with Gasteiger partial charge >= 0.3 is 5.97 Å². The normalized spacial score (nSPS) is 16.8. The van der Waals surface area contributed by atoms with E-state index >= 15 is 8.78 Å². The summed E-state index contributed by atoms with van der Waals surface area (Å²) in [6.07, 6.45) is 3.96. The number of hydrogen-bond donors (Lipinski definition) is 2. The van der Waals surface area contributed by atoms with Gasteiger partial charge in [0.2, 0.25) is 0 Å². The van der Waals surface area contributed by atoms with Crippen LogP contribution in [0.4, 0.5) is 14.5 Å². The van der Waals surface area contributed by atoms with Gasteiger partial charge in [-0.25, -0.2) is 18.6 Å². The van der Waals surface area contributed by atoms with Crippen molar-refractivity contribution < 1.29 is 22.7 Å². The number of carbonyl (C=O) groups is 1. The Morgan fingerprint density at radius 2 is 1.95 bits per heavy atom. The van der Waals surface area contributed by atoms with Gasteiger partial charge in [-0.2, -0.15) is 0 Å². The second kappa shape index (κ2) is 8.94. The molecule has 4 heterocycles. The SMILES string of the molecule is CCOC(=O)C1C(c2ccc[nH]c2=O)c2c(cc(F)c3ccoc23)N1Cc1cc2c(=O)[nH]cnc2cc1F. The number of halogens is 2. The summed E-state index contributed by atoms with van der Waals surface area (Å²) in [4.78, 5) is 49.3. The van der Waals surface area contributed by atoms with E-state index in [1.54, 1.807) is 19.1 Å². The maximum Gasteiger partial charge on any atom is 0.329 e. The van der Waals surface area contributed by atoms with E-state index in [1.165, 1.54) is 41.9 Å². The fraction of sp³-hybridized carbons (Fsp3) is 0.185. The lowest BCUT2D eigenvalue weighted by atomic mass is 9.87. The number of benzene rings is 2. The number of ether oxygens (including phenoxy) is 1. The second-order valence-electron chi connectivity index (χ2n) is 8.90. The van der Waals surface area contributed by atoms with Gasteiger partial charge in [0.05, 0.1) is 41.4 Å². The van der Waals surface area contributed by atoms with E-state index in [-0.39, 0.29) is 51.8 Å². The molecule has 38 heavy (non-hydrogen) atoms. The summed E-state index contributed by atoms with van der Waals surface area (Å²) in [5.41, 5.74) is 0.380. The Bertz CT molecular complexity index is 1840. The van der Waals surface area contributed by atoms with Crippen molar-refractivity contribution in [3.63, 3.8) is 0 Å². The van der Waals surface area contributed by atoms with Gasteiger partial charge in [0.25, 0.3) is 11.1 Å². The third-order valence-electron chi connectivity index (χ3n) is 6.84. The number of nitrogens with one attached hydrogen (secondary N) is 2. The number of hydrogen-bond acceptors (Lipinski definition) is 7. The summed E-state index contributed by atoms with van der Waals surface area (Å²) in [5, 5.41) is 0.333. The molecule has 0 aliphatic carbocycles. The quantitative estimate of drug-likeness (QED) is 0.340. The first-order valence-corrected chi connectivity index (χ1v) is 11.8. The smallest absolute Gasteiger partial charge is 0.329 e. The van der Waals surface area contributed by atoms with Crippen LogP contribution in [0.15, 0.2) is 69.2 Å². The average Bonchev–Trinajstić information content (AvgIpc) is 3.49. The number of aromatic nitrogens is 3. The molecule has 2 aromatic carbocycles. The molecule has 5 aromatic rings. The number of fused-ring (bicyclic) bond motifs is 4. The van der Waals surface area contributed by atoms with Crippen molar-refractivity contribution in [2.75, 3.05) is 11.5 Å². The number of carbonyl (C=O) groups excluding carboxylic acids is 1. The predicted octanol–water partition coefficient (Wildman–Crippen LogP) is 3.72. The van der Waals surface area contributed by atoms with Crippen LogP contribution in [0.1, 0.15) is 29.5 Å². The van der Waals surface area contributed by atoms with E-state index in [0.717, 1.165) is 6.07 Å². The fourth-order valence-electron chi connectivity index (χ4n) is 5.24. The molecule has 0 fully saturated rings. The molecule has 3 aromatic heterocycles. The van der Waals surface area contributed by atoms with E-state index in [0.29, 0.717) is 5.56 Å². The lowest BCUT2D eigenvalue weighted by Gasteiger charge is -2.29. The van der Waals surface area contributed by atoms with Crippen molar-refractivity contribution in [2.45, 2.75) is 25.4 Å². The van der Waals surface area contributed by atoms with Gasteiger partial charge in [-0.05, 0) is 31.2 Å². The molecule has 0 saturated carbocycles. The highest BCUT2D eigenvalue weighted by atomic mass is 19.1. The number of nitrogens with zero attached hydrogens (tertiary/aromatic N) is 2. The van der Waals surface area contributed by atoms with E-state index in [9.17, 15) is 14.4 Å². The molecule has 6 rings (SSSR count). The number of furan rings is 1. The van der Waals surface area contributed by atoms with E-state index in [1.807, 2.05) is 0 Å². The molecule has 0 bridgehead atoms. The number of aromatic amines is 2. The van der Waals surface area contributed by atoms with Crippen LogP contribution < -0.4 is 16.0 Å². The predicted molar refractivity (Wildman–Crippen MR) is 134 cm³/mol. The van der Waals surface area contributed by atoms with Crippen molar-refractivity contribution >= 4 is 33.5 Å². The zero-order chi connectivity index (χ0) is 26.6. The highest BCUT2D eigenvalue weighted by Gasteiger charge is 2.48. The van der Waals surface area contributed by atoms with Gasteiger partial charge < -0.3 is 24.0 Å². The summed E-state index contributed by atoms with van der Waals surface area (Å²) >= 11 is 0. The molecule has 2 N–H and O–H groups in total. The van der Waals surface area contributed by atoms with Crippen molar-refractivity contribution in [2.24, 2.45) is 0 Å². The third-order valence-corrected chi connectivity index (χ3v) is 6.84. The standard InChI is InChI=1S/C27H20F2N4O5/c1-2-37-27(36)23-21(15-4-3-6-30-25(15)34)22-20(10-18(29)14-5-7-38-24(14)22)33(23)11-13-8-16-19(9-17(13)28)31-12-32-26(16)35/h3-10,12,21,23H,2,11H2,1H3,(H,30,34)(H,31,32,35). The highest BCUT2D eigenvalue weighted by Crippen LogP contribution is 2.49. The molecule has 0 amide bonds. The Labute approximate surface area is 212 Å². The molecule has 0 saturated heterocycles. The largest absolute Gasteiger partial charge is 0.464 e. The minimum atomic E-state index is -1.16. The Morgan fingerprint density at radius 3 is 2.74 bits per heavy atom. The van der Waals surface area contributed by atoms with Crippen LogP contribution in [0.25, 0.3) is 21.9 Å². The molecule has 1 aliphatic rings. The van der Waals surface area contributed by atoms with Crippen LogP contribution in [0.3, 0.4) is 0 Å². The van der Waals surface area contributed by atoms with Crippen LogP contribution in [0.2, 0.25) is 0 Å². The Kier molecular flexibility index (Phi) is 5.55. The van der Waals surface area contributed by atoms with Crippen LogP contribution in [0, 0.1) is 11.6 Å². The van der Waals surface area contributed by atoms with Gasteiger partial charge in [-0.15, -0.1) is 0 Å². The minimum Gasteiger partial charge on any atom is -0.464 e. The molecule has 9 nitrogen and oxygen atoms in total. The number of anilines is 1. The molecule has 1 aliphatic heterocycles. The topological polar surface area (TPSA) is 121 Å². The van der Waals surface area contributed by atoms with Gasteiger partial charge in [0.15, 0.2) is 0 Å². The average molecular weight is 518 g/mol. The minimum absolute atomic E-state index is 0.0489. The van der Waals surface area contributed by atoms with Crippen LogP contribution in [-0.2, 0) is 16.1 Å². The summed E-state index contributed by atoms with van der Waals surface area (Å²) in [6, 6.07) is 7.21. The first-order valence-electron chi connectivity index (χ1n) is 11.8. The number of H-pyrrole nitrogens is 2. The van der Waals surface area contributed by atoms with Crippen molar-refractivity contribution in [3.05, 3.63) is 104 Å². The van der Waals surface area contributed by atoms with Crippen molar-refractivity contribution in [3.8, 4) is 0 Å². The zero-order valence-corrected chi connectivity index (χ0v) is 20.0. The fourth-order valence-corrected chi connectivity index (χ4v) is 5.24. The monoisotopic (exact) mass is 518 g/mol. The molecular formula is C27H20F2N4O5. The summed E-state index contributed by atoms with van der Waals surface area (Å²) < 4.78 is 41.5. The molecule has 0 spiro atoms. The highest BCUT2D eigenvalue weighted by molar-refractivity contribution is 5.95. The lowest BCUT2D eigenvalue weighted by Crippen LogP contribution is -2.43. The molecule has 192 valence electrons. The third kappa shape index (κ3) is 3.58.